The molecule has 2 fully saturated rings. The van der Waals surface area contributed by atoms with Crippen LogP contribution >= 0.6 is 15.9 Å². The smallest absolute Gasteiger partial charge is 0.0992 e. The molecule has 0 spiro atoms. The zero-order valence-electron chi connectivity index (χ0n) is 11.3. The molecule has 3 rings (SSSR count). The highest BCUT2D eigenvalue weighted by atomic mass is 79.9. The van der Waals surface area contributed by atoms with E-state index in [1.807, 2.05) is 12.1 Å². The third kappa shape index (κ3) is 1.96. The highest BCUT2D eigenvalue weighted by Gasteiger charge is 2.49. The lowest BCUT2D eigenvalue weighted by molar-refractivity contribution is 0.357. The number of nitrogens with one attached hydrogen (secondary N) is 1. The summed E-state index contributed by atoms with van der Waals surface area (Å²) in [5.41, 5.74) is 2.07. The Morgan fingerprint density at radius 2 is 2.21 bits per heavy atom. The minimum atomic E-state index is 0.158. The lowest BCUT2D eigenvalue weighted by Crippen LogP contribution is -2.44. The summed E-state index contributed by atoms with van der Waals surface area (Å²) in [6.45, 7) is 7.99. The van der Waals surface area contributed by atoms with Crippen molar-refractivity contribution in [2.24, 2.45) is 11.8 Å². The zero-order valence-corrected chi connectivity index (χ0v) is 12.9. The molecule has 2 heterocycles. The van der Waals surface area contributed by atoms with E-state index >= 15 is 0 Å². The Bertz CT molecular complexity index is 547. The van der Waals surface area contributed by atoms with Gasteiger partial charge in [0.25, 0.3) is 0 Å². The zero-order chi connectivity index (χ0) is 13.6. The van der Waals surface area contributed by atoms with Crippen LogP contribution in [0.5, 0.6) is 0 Å². The van der Waals surface area contributed by atoms with Gasteiger partial charge in [0.1, 0.15) is 0 Å². The molecule has 2 saturated heterocycles. The molecule has 2 unspecified atom stereocenters. The van der Waals surface area contributed by atoms with Gasteiger partial charge >= 0.3 is 0 Å². The second-order valence-corrected chi connectivity index (χ2v) is 6.92. The molecule has 2 aliphatic heterocycles. The van der Waals surface area contributed by atoms with Gasteiger partial charge in [0.2, 0.25) is 0 Å². The standard InChI is InChI=1S/C15H18BrN3/c1-15(2)12-8-18-7-11(12)9-19(15)14-4-3-10(6-17)5-13(14)16/h3-5,11-12,18H,7-9H2,1-2H3. The number of anilines is 1. The number of halogens is 1. The number of fused-ring (bicyclic) bond motifs is 1. The molecule has 3 nitrogen and oxygen atoms in total. The number of nitrogens with zero attached hydrogens (tertiary/aromatic N) is 2. The monoisotopic (exact) mass is 319 g/mol. The molecule has 1 aromatic carbocycles. The molecule has 100 valence electrons. The maximum atomic E-state index is 8.96. The SMILES string of the molecule is CC1(C)C2CNCC2CN1c1ccc(C#N)cc1Br. The molecule has 2 atom stereocenters. The molecule has 2 aliphatic rings. The Labute approximate surface area is 122 Å². The van der Waals surface area contributed by atoms with E-state index in [0.29, 0.717) is 11.5 Å². The quantitative estimate of drug-likeness (QED) is 0.865. The Morgan fingerprint density at radius 3 is 2.84 bits per heavy atom. The second kappa shape index (κ2) is 4.50. The fourth-order valence-corrected chi connectivity index (χ4v) is 4.22. The number of benzene rings is 1. The van der Waals surface area contributed by atoms with Gasteiger partial charge in [0.15, 0.2) is 0 Å². The first-order chi connectivity index (χ1) is 9.04. The number of rotatable bonds is 1. The molecule has 1 N–H and O–H groups in total. The van der Waals surface area contributed by atoms with Gasteiger partial charge in [-0.3, -0.25) is 0 Å². The largest absolute Gasteiger partial charge is 0.365 e. The first-order valence-electron chi connectivity index (χ1n) is 6.72. The molecule has 0 amide bonds. The van der Waals surface area contributed by atoms with Crippen molar-refractivity contribution in [3.8, 4) is 6.07 Å². The maximum absolute atomic E-state index is 8.96. The van der Waals surface area contributed by atoms with E-state index in [0.717, 1.165) is 30.0 Å². The van der Waals surface area contributed by atoms with E-state index in [1.165, 1.54) is 5.69 Å². The van der Waals surface area contributed by atoms with Crippen LogP contribution in [0.2, 0.25) is 0 Å². The molecule has 19 heavy (non-hydrogen) atoms. The molecule has 0 radical (unpaired) electrons. The fraction of sp³-hybridized carbons (Fsp3) is 0.533. The Balaban J connectivity index is 1.97. The second-order valence-electron chi connectivity index (χ2n) is 6.07. The van der Waals surface area contributed by atoms with E-state index in [4.69, 9.17) is 5.26 Å². The minimum absolute atomic E-state index is 0.158. The Hall–Kier alpha value is -1.05. The van der Waals surface area contributed by atoms with Crippen molar-refractivity contribution in [1.82, 2.24) is 5.32 Å². The Morgan fingerprint density at radius 1 is 1.42 bits per heavy atom. The maximum Gasteiger partial charge on any atom is 0.0992 e. The van der Waals surface area contributed by atoms with Crippen molar-refractivity contribution in [2.75, 3.05) is 24.5 Å². The molecule has 0 saturated carbocycles. The highest BCUT2D eigenvalue weighted by Crippen LogP contribution is 2.45. The Kier molecular flexibility index (Phi) is 3.07. The highest BCUT2D eigenvalue weighted by molar-refractivity contribution is 9.10. The molecular weight excluding hydrogens is 302 g/mol. The van der Waals surface area contributed by atoms with Crippen molar-refractivity contribution in [3.63, 3.8) is 0 Å². The van der Waals surface area contributed by atoms with Crippen LogP contribution in [0.25, 0.3) is 0 Å². The number of nitriles is 1. The van der Waals surface area contributed by atoms with Gasteiger partial charge in [-0.25, -0.2) is 0 Å². The normalized spacial score (nSPS) is 28.2. The van der Waals surface area contributed by atoms with Crippen molar-refractivity contribution in [2.45, 2.75) is 19.4 Å². The van der Waals surface area contributed by atoms with Crippen LogP contribution in [0.4, 0.5) is 5.69 Å². The first-order valence-corrected chi connectivity index (χ1v) is 7.51. The molecule has 1 aromatic rings. The minimum Gasteiger partial charge on any atom is -0.365 e. The van der Waals surface area contributed by atoms with Crippen LogP contribution < -0.4 is 10.2 Å². The average Bonchev–Trinajstić information content (AvgIpc) is 2.92. The van der Waals surface area contributed by atoms with Gasteiger partial charge in [0.05, 0.1) is 17.3 Å². The van der Waals surface area contributed by atoms with Crippen LogP contribution in [0.3, 0.4) is 0 Å². The van der Waals surface area contributed by atoms with E-state index in [-0.39, 0.29) is 5.54 Å². The van der Waals surface area contributed by atoms with E-state index in [9.17, 15) is 0 Å². The number of hydrogen-bond acceptors (Lipinski definition) is 3. The van der Waals surface area contributed by atoms with E-state index in [1.54, 1.807) is 0 Å². The summed E-state index contributed by atoms with van der Waals surface area (Å²) in [5.74, 6) is 1.44. The molecule has 0 aliphatic carbocycles. The average molecular weight is 320 g/mol. The van der Waals surface area contributed by atoms with Crippen LogP contribution in [0.1, 0.15) is 19.4 Å². The van der Waals surface area contributed by atoms with Gasteiger partial charge in [-0.1, -0.05) is 0 Å². The predicted octanol–water partition coefficient (Wildman–Crippen LogP) is 2.75. The summed E-state index contributed by atoms with van der Waals surface area (Å²) in [7, 11) is 0. The predicted molar refractivity (Wildman–Crippen MR) is 80.1 cm³/mol. The van der Waals surface area contributed by atoms with Gasteiger partial charge < -0.3 is 10.2 Å². The molecule has 0 bridgehead atoms. The van der Waals surface area contributed by atoms with Crippen molar-refractivity contribution < 1.29 is 0 Å². The van der Waals surface area contributed by atoms with Crippen LogP contribution in [-0.2, 0) is 0 Å². The fourth-order valence-electron chi connectivity index (χ4n) is 3.63. The van der Waals surface area contributed by atoms with Gasteiger partial charge in [-0.2, -0.15) is 5.26 Å². The van der Waals surface area contributed by atoms with Gasteiger partial charge in [-0.15, -0.1) is 0 Å². The molecule has 4 heteroatoms. The summed E-state index contributed by atoms with van der Waals surface area (Å²) in [6, 6.07) is 8.08. The van der Waals surface area contributed by atoms with Crippen molar-refractivity contribution in [3.05, 3.63) is 28.2 Å². The summed E-state index contributed by atoms with van der Waals surface area (Å²) in [4.78, 5) is 2.49. The number of hydrogen-bond donors (Lipinski definition) is 1. The topological polar surface area (TPSA) is 39.1 Å². The third-order valence-electron chi connectivity index (χ3n) is 4.73. The molecule has 0 aromatic heterocycles. The lowest BCUT2D eigenvalue weighted by Gasteiger charge is -2.38. The van der Waals surface area contributed by atoms with Crippen molar-refractivity contribution in [1.29, 1.82) is 5.26 Å². The summed E-state index contributed by atoms with van der Waals surface area (Å²) < 4.78 is 1.02. The van der Waals surface area contributed by atoms with Crippen LogP contribution in [0, 0.1) is 23.2 Å². The summed E-state index contributed by atoms with van der Waals surface area (Å²) in [6.07, 6.45) is 0. The summed E-state index contributed by atoms with van der Waals surface area (Å²) in [5, 5.41) is 12.5. The van der Waals surface area contributed by atoms with Gasteiger partial charge in [0, 0.05) is 29.6 Å². The third-order valence-corrected chi connectivity index (χ3v) is 5.36. The molecular formula is C15H18BrN3. The van der Waals surface area contributed by atoms with Crippen molar-refractivity contribution >= 4 is 21.6 Å². The van der Waals surface area contributed by atoms with Gasteiger partial charge in [-0.05, 0) is 59.8 Å². The first kappa shape index (κ1) is 13.0. The van der Waals surface area contributed by atoms with Crippen LogP contribution in [0.15, 0.2) is 22.7 Å². The summed E-state index contributed by atoms with van der Waals surface area (Å²) >= 11 is 3.62. The van der Waals surface area contributed by atoms with E-state index < -0.39 is 0 Å². The van der Waals surface area contributed by atoms with E-state index in [2.05, 4.69) is 52.1 Å². The van der Waals surface area contributed by atoms with Crippen LogP contribution in [-0.4, -0.2) is 25.2 Å². The lowest BCUT2D eigenvalue weighted by atomic mass is 9.84.